The first kappa shape index (κ1) is 22.7. The van der Waals surface area contributed by atoms with Crippen molar-refractivity contribution in [1.29, 1.82) is 0 Å². The summed E-state index contributed by atoms with van der Waals surface area (Å²) < 4.78 is 5.19. The van der Waals surface area contributed by atoms with Crippen molar-refractivity contribution >= 4 is 18.0 Å². The van der Waals surface area contributed by atoms with Gasteiger partial charge in [-0.05, 0) is 46.5 Å². The van der Waals surface area contributed by atoms with Crippen molar-refractivity contribution in [3.05, 3.63) is 24.3 Å². The van der Waals surface area contributed by atoms with E-state index in [0.29, 0.717) is 25.8 Å². The van der Waals surface area contributed by atoms with Crippen LogP contribution in [0.1, 0.15) is 46.5 Å². The minimum absolute atomic E-state index is 0.256. The van der Waals surface area contributed by atoms with Crippen LogP contribution in [0, 0.1) is 0 Å². The van der Waals surface area contributed by atoms with Gasteiger partial charge in [0.2, 0.25) is 0 Å². The van der Waals surface area contributed by atoms with Gasteiger partial charge in [0, 0.05) is 13.1 Å². The third-order valence-corrected chi connectivity index (χ3v) is 4.14. The zero-order valence-corrected chi connectivity index (χ0v) is 16.3. The number of piperidine rings is 2. The molecule has 1 amide bonds. The third-order valence-electron chi connectivity index (χ3n) is 4.14. The normalized spacial score (nSPS) is 23.1. The van der Waals surface area contributed by atoms with Crippen LogP contribution in [-0.4, -0.2) is 63.9 Å². The van der Waals surface area contributed by atoms with Gasteiger partial charge in [-0.2, -0.15) is 0 Å². The average molecular weight is 382 g/mol. The molecule has 0 saturated carbocycles. The predicted molar refractivity (Wildman–Crippen MR) is 101 cm³/mol. The molecular formula is C19H30N2O6. The van der Waals surface area contributed by atoms with Crippen molar-refractivity contribution in [3.8, 4) is 0 Å². The van der Waals surface area contributed by atoms with Gasteiger partial charge >= 0.3 is 18.0 Å². The van der Waals surface area contributed by atoms with Crippen LogP contribution in [0.3, 0.4) is 0 Å². The molecule has 2 rings (SSSR count). The number of carboxylic acid groups (broad SMARTS) is 2. The Labute approximate surface area is 159 Å². The van der Waals surface area contributed by atoms with Gasteiger partial charge in [0.1, 0.15) is 17.7 Å². The van der Waals surface area contributed by atoms with Gasteiger partial charge in [0.25, 0.3) is 0 Å². The maximum absolute atomic E-state index is 11.9. The molecule has 2 heterocycles. The Bertz CT molecular complexity index is 598. The Morgan fingerprint density at radius 2 is 1.67 bits per heavy atom. The number of nitrogens with one attached hydrogen (secondary N) is 1. The Morgan fingerprint density at radius 1 is 1.07 bits per heavy atom. The summed E-state index contributed by atoms with van der Waals surface area (Å²) in [4.78, 5) is 34.5. The number of ether oxygens (including phenoxy) is 1. The molecule has 27 heavy (non-hydrogen) atoms. The first-order valence-corrected chi connectivity index (χ1v) is 8.92. The van der Waals surface area contributed by atoms with Gasteiger partial charge in [-0.1, -0.05) is 24.3 Å². The molecule has 0 radical (unpaired) electrons. The van der Waals surface area contributed by atoms with Crippen LogP contribution in [0.25, 0.3) is 0 Å². The number of carbonyl (C=O) groups excluding carboxylic acids is 1. The molecule has 0 bridgehead atoms. The Kier molecular flexibility index (Phi) is 8.02. The van der Waals surface area contributed by atoms with E-state index in [1.165, 1.54) is 4.90 Å². The Balaban J connectivity index is 0.000000309. The zero-order chi connectivity index (χ0) is 20.8. The molecule has 2 aliphatic rings. The van der Waals surface area contributed by atoms with Gasteiger partial charge in [-0.3, -0.25) is 9.69 Å². The van der Waals surface area contributed by atoms with Crippen molar-refractivity contribution < 1.29 is 29.3 Å². The standard InChI is InChI=1S/C12H19NO4.C7H11NO2/c1-8-5-6-9(10(14)15)13(7-8)11(16)17-12(2,3)4;1-5-2-3-6(7(9)10)8-4-5/h9H,1,5-7H2,2-4H3,(H,14,15);6,8H,1-4H2,(H,9,10)/t9-;6-/m00/s1. The smallest absolute Gasteiger partial charge is 0.411 e. The molecule has 0 aromatic rings. The van der Waals surface area contributed by atoms with E-state index in [1.54, 1.807) is 20.8 Å². The summed E-state index contributed by atoms with van der Waals surface area (Å²) in [5, 5.41) is 20.5. The predicted octanol–water partition coefficient (Wildman–Crippen LogP) is 2.41. The van der Waals surface area contributed by atoms with E-state index >= 15 is 0 Å². The summed E-state index contributed by atoms with van der Waals surface area (Å²) in [6, 6.07) is -1.17. The van der Waals surface area contributed by atoms with Crippen LogP contribution in [0.5, 0.6) is 0 Å². The molecule has 0 spiro atoms. The summed E-state index contributed by atoms with van der Waals surface area (Å²) in [6.07, 6.45) is 1.95. The molecular weight excluding hydrogens is 352 g/mol. The van der Waals surface area contributed by atoms with E-state index < -0.39 is 29.7 Å². The van der Waals surface area contributed by atoms with Crippen LogP contribution in [0.2, 0.25) is 0 Å². The van der Waals surface area contributed by atoms with Gasteiger partial charge in [0.15, 0.2) is 0 Å². The highest BCUT2D eigenvalue weighted by atomic mass is 16.6. The molecule has 3 N–H and O–H groups in total. The second-order valence-corrected chi connectivity index (χ2v) is 7.81. The van der Waals surface area contributed by atoms with Crippen LogP contribution in [0.15, 0.2) is 24.3 Å². The van der Waals surface area contributed by atoms with E-state index in [1.807, 2.05) is 0 Å². The first-order chi connectivity index (χ1) is 12.4. The van der Waals surface area contributed by atoms with Crippen LogP contribution >= 0.6 is 0 Å². The Morgan fingerprint density at radius 3 is 2.11 bits per heavy atom. The second-order valence-electron chi connectivity index (χ2n) is 7.81. The first-order valence-electron chi connectivity index (χ1n) is 8.92. The minimum atomic E-state index is -0.997. The van der Waals surface area contributed by atoms with Crippen molar-refractivity contribution in [3.63, 3.8) is 0 Å². The summed E-state index contributed by atoms with van der Waals surface area (Å²) in [5.41, 5.74) is 1.32. The van der Waals surface area contributed by atoms with E-state index in [9.17, 15) is 14.4 Å². The summed E-state index contributed by atoms with van der Waals surface area (Å²) >= 11 is 0. The second kappa shape index (κ2) is 9.55. The summed E-state index contributed by atoms with van der Waals surface area (Å²) in [6.45, 7) is 13.7. The lowest BCUT2D eigenvalue weighted by molar-refractivity contribution is -0.144. The lowest BCUT2D eigenvalue weighted by Crippen LogP contribution is -2.50. The van der Waals surface area contributed by atoms with Crippen molar-refractivity contribution in [2.45, 2.75) is 64.1 Å². The molecule has 2 atom stereocenters. The molecule has 0 unspecified atom stereocenters. The molecule has 0 aliphatic carbocycles. The zero-order valence-electron chi connectivity index (χ0n) is 16.3. The Hall–Kier alpha value is -2.35. The van der Waals surface area contributed by atoms with Gasteiger partial charge in [-0.15, -0.1) is 0 Å². The number of carboxylic acids is 2. The summed E-state index contributed by atoms with van der Waals surface area (Å²) in [7, 11) is 0. The average Bonchev–Trinajstić information content (AvgIpc) is 2.54. The molecule has 2 aliphatic heterocycles. The fraction of sp³-hybridized carbons (Fsp3) is 0.632. The number of carbonyl (C=O) groups is 3. The quantitative estimate of drug-likeness (QED) is 0.628. The van der Waals surface area contributed by atoms with Gasteiger partial charge in [0.05, 0.1) is 0 Å². The van der Waals surface area contributed by atoms with E-state index in [0.717, 1.165) is 17.6 Å². The van der Waals surface area contributed by atoms with Gasteiger partial charge < -0.3 is 20.3 Å². The molecule has 8 heteroatoms. The lowest BCUT2D eigenvalue weighted by atomic mass is 9.99. The number of aliphatic carboxylic acids is 2. The number of amides is 1. The SMILES string of the molecule is C=C1CC[C@@H](C(=O)O)N(C(=O)OC(C)(C)C)C1.C=C1CC[C@@H](C(=O)O)NC1. The fourth-order valence-electron chi connectivity index (χ4n) is 2.71. The number of likely N-dealkylation sites (tertiary alicyclic amines) is 1. The molecule has 8 nitrogen and oxygen atoms in total. The topological polar surface area (TPSA) is 116 Å². The molecule has 0 aromatic carbocycles. The third kappa shape index (κ3) is 7.82. The van der Waals surface area contributed by atoms with E-state index in [2.05, 4.69) is 18.5 Å². The monoisotopic (exact) mass is 382 g/mol. The molecule has 2 saturated heterocycles. The number of nitrogens with zero attached hydrogens (tertiary/aromatic N) is 1. The van der Waals surface area contributed by atoms with Crippen molar-refractivity contribution in [1.82, 2.24) is 10.2 Å². The van der Waals surface area contributed by atoms with Gasteiger partial charge in [-0.25, -0.2) is 9.59 Å². The lowest BCUT2D eigenvalue weighted by Gasteiger charge is -2.35. The van der Waals surface area contributed by atoms with Crippen LogP contribution < -0.4 is 5.32 Å². The fourth-order valence-corrected chi connectivity index (χ4v) is 2.71. The highest BCUT2D eigenvalue weighted by Crippen LogP contribution is 2.23. The maximum Gasteiger partial charge on any atom is 0.411 e. The largest absolute Gasteiger partial charge is 0.480 e. The minimum Gasteiger partial charge on any atom is -0.480 e. The number of hydrogen-bond acceptors (Lipinski definition) is 5. The van der Waals surface area contributed by atoms with Crippen molar-refractivity contribution in [2.75, 3.05) is 13.1 Å². The van der Waals surface area contributed by atoms with Crippen LogP contribution in [-0.2, 0) is 14.3 Å². The highest BCUT2D eigenvalue weighted by Gasteiger charge is 2.35. The van der Waals surface area contributed by atoms with Crippen molar-refractivity contribution in [2.24, 2.45) is 0 Å². The number of rotatable bonds is 2. The maximum atomic E-state index is 11.9. The summed E-state index contributed by atoms with van der Waals surface area (Å²) in [5.74, 6) is -1.75. The van der Waals surface area contributed by atoms with E-state index in [4.69, 9.17) is 14.9 Å². The molecule has 152 valence electrons. The molecule has 2 fully saturated rings. The molecule has 0 aromatic heterocycles. The number of hydrogen-bond donors (Lipinski definition) is 3. The van der Waals surface area contributed by atoms with Crippen LogP contribution in [0.4, 0.5) is 4.79 Å². The van der Waals surface area contributed by atoms with E-state index in [-0.39, 0.29) is 12.6 Å². The highest BCUT2D eigenvalue weighted by molar-refractivity contribution is 5.80.